The average molecular weight is 187 g/mol. The fraction of sp³-hybridized carbons (Fsp3) is 1.00. The summed E-state index contributed by atoms with van der Waals surface area (Å²) in [5.74, 6) is 0. The lowest BCUT2D eigenvalue weighted by molar-refractivity contribution is -0.369. The van der Waals surface area contributed by atoms with Crippen molar-refractivity contribution in [2.75, 3.05) is 20.3 Å². The Morgan fingerprint density at radius 1 is 1.64 bits per heavy atom. The fourth-order valence-electron chi connectivity index (χ4n) is 0.112. The van der Waals surface area contributed by atoms with E-state index in [4.69, 9.17) is 5.11 Å². The Bertz CT molecular complexity index is 152. The molecule has 0 amide bonds. The highest BCUT2D eigenvalue weighted by molar-refractivity contribution is 7.80. The summed E-state index contributed by atoms with van der Waals surface area (Å²) >= 11 is 0. The number of quaternary nitrogens is 1. The minimum Gasteiger partial charge on any atom is -0.726 e. The van der Waals surface area contributed by atoms with Gasteiger partial charge in [-0.05, 0) is 0 Å². The molecule has 0 heterocycles. The van der Waals surface area contributed by atoms with E-state index in [1.165, 1.54) is 0 Å². The molecule has 11 heavy (non-hydrogen) atoms. The van der Waals surface area contributed by atoms with Crippen LogP contribution in [0.25, 0.3) is 0 Å². The van der Waals surface area contributed by atoms with Crippen LogP contribution in [0.4, 0.5) is 0 Å². The third kappa shape index (κ3) is 25.9. The van der Waals surface area contributed by atoms with Gasteiger partial charge in [-0.3, -0.25) is 4.18 Å². The summed E-state index contributed by atoms with van der Waals surface area (Å²) < 4.78 is 31.0. The SMILES string of the molecule is COS(=O)(=O)[O-].[NH3+]CCCO. The Balaban J connectivity index is 0. The minimum atomic E-state index is -4.41. The van der Waals surface area contributed by atoms with E-state index in [0.717, 1.165) is 20.1 Å². The minimum absolute atomic E-state index is 0.281. The third-order valence-corrected chi connectivity index (χ3v) is 1.02. The quantitative estimate of drug-likeness (QED) is 0.381. The zero-order valence-corrected chi connectivity index (χ0v) is 7.13. The Morgan fingerprint density at radius 3 is 2.00 bits per heavy atom. The monoisotopic (exact) mass is 187 g/mol. The molecule has 7 heteroatoms. The maximum Gasteiger partial charge on any atom is 0.217 e. The molecule has 0 spiro atoms. The maximum atomic E-state index is 9.22. The summed E-state index contributed by atoms with van der Waals surface area (Å²) in [5.41, 5.74) is 3.52. The Hall–Kier alpha value is -0.210. The summed E-state index contributed by atoms with van der Waals surface area (Å²) in [6.45, 7) is 1.12. The predicted molar refractivity (Wildman–Crippen MR) is 36.2 cm³/mol. The molecule has 0 saturated carbocycles. The van der Waals surface area contributed by atoms with Crippen LogP contribution >= 0.6 is 0 Å². The van der Waals surface area contributed by atoms with E-state index < -0.39 is 10.4 Å². The summed E-state index contributed by atoms with van der Waals surface area (Å²) in [5, 5.41) is 8.03. The number of aliphatic hydroxyl groups excluding tert-OH is 1. The van der Waals surface area contributed by atoms with Gasteiger partial charge in [-0.2, -0.15) is 0 Å². The molecule has 0 bridgehead atoms. The molecule has 0 rings (SSSR count). The van der Waals surface area contributed by atoms with E-state index in [0.29, 0.717) is 0 Å². The van der Waals surface area contributed by atoms with Crippen molar-refractivity contribution in [3.63, 3.8) is 0 Å². The zero-order chi connectivity index (χ0) is 9.33. The van der Waals surface area contributed by atoms with Crippen molar-refractivity contribution < 1.29 is 28.0 Å². The number of hydrogen-bond donors (Lipinski definition) is 2. The van der Waals surface area contributed by atoms with Crippen molar-refractivity contribution in [2.24, 2.45) is 0 Å². The first-order valence-corrected chi connectivity index (χ1v) is 4.22. The summed E-state index contributed by atoms with van der Waals surface area (Å²) in [6, 6.07) is 0. The van der Waals surface area contributed by atoms with Crippen molar-refractivity contribution in [3.05, 3.63) is 0 Å². The first kappa shape index (κ1) is 13.4. The molecule has 0 saturated heterocycles. The van der Waals surface area contributed by atoms with E-state index in [9.17, 15) is 13.0 Å². The van der Waals surface area contributed by atoms with Crippen LogP contribution in [0.3, 0.4) is 0 Å². The molecule has 0 atom stereocenters. The molecule has 0 aliphatic heterocycles. The summed E-state index contributed by atoms with van der Waals surface area (Å²) in [7, 11) is -3.60. The molecule has 0 unspecified atom stereocenters. The lowest BCUT2D eigenvalue weighted by Crippen LogP contribution is -2.50. The van der Waals surface area contributed by atoms with Gasteiger partial charge < -0.3 is 15.4 Å². The molecule has 6 nitrogen and oxygen atoms in total. The van der Waals surface area contributed by atoms with E-state index in [-0.39, 0.29) is 6.61 Å². The van der Waals surface area contributed by atoms with Crippen LogP contribution in [0.1, 0.15) is 6.42 Å². The number of hydrogen-bond acceptors (Lipinski definition) is 5. The topological polar surface area (TPSA) is 114 Å². The van der Waals surface area contributed by atoms with Crippen LogP contribution in [0, 0.1) is 0 Å². The summed E-state index contributed by atoms with van der Waals surface area (Å²) in [4.78, 5) is 0. The molecule has 0 radical (unpaired) electrons. The highest BCUT2D eigenvalue weighted by atomic mass is 32.3. The van der Waals surface area contributed by atoms with Gasteiger partial charge in [0.2, 0.25) is 10.4 Å². The molecule has 4 N–H and O–H groups in total. The average Bonchev–Trinajstić information content (AvgIpc) is 1.90. The molecule has 70 valence electrons. The van der Waals surface area contributed by atoms with Crippen molar-refractivity contribution in [3.8, 4) is 0 Å². The molecule has 0 aliphatic rings. The van der Waals surface area contributed by atoms with Gasteiger partial charge in [-0.15, -0.1) is 0 Å². The highest BCUT2D eigenvalue weighted by Gasteiger charge is 1.79. The fourth-order valence-corrected chi connectivity index (χ4v) is 0.112. The largest absolute Gasteiger partial charge is 0.726 e. The molecule has 0 aromatic heterocycles. The molecule has 0 fully saturated rings. The van der Waals surface area contributed by atoms with E-state index in [2.05, 4.69) is 9.92 Å². The van der Waals surface area contributed by atoms with Gasteiger partial charge in [-0.1, -0.05) is 0 Å². The van der Waals surface area contributed by atoms with Gasteiger partial charge >= 0.3 is 0 Å². The highest BCUT2D eigenvalue weighted by Crippen LogP contribution is 1.74. The molecular formula is C4H13NO5S. The van der Waals surface area contributed by atoms with Crippen LogP contribution in [-0.4, -0.2) is 38.3 Å². The first-order chi connectivity index (χ1) is 4.97. The second-order valence-electron chi connectivity index (χ2n) is 1.51. The van der Waals surface area contributed by atoms with Crippen molar-refractivity contribution in [2.45, 2.75) is 6.42 Å². The lowest BCUT2D eigenvalue weighted by atomic mass is 10.5. The molecule has 0 aromatic rings. The third-order valence-electron chi connectivity index (χ3n) is 0.612. The van der Waals surface area contributed by atoms with Crippen LogP contribution in [0.2, 0.25) is 0 Å². The Labute approximate surface area is 65.9 Å². The van der Waals surface area contributed by atoms with Crippen LogP contribution < -0.4 is 5.73 Å². The number of rotatable bonds is 3. The van der Waals surface area contributed by atoms with Crippen LogP contribution in [0.5, 0.6) is 0 Å². The van der Waals surface area contributed by atoms with Gasteiger partial charge in [0.15, 0.2) is 0 Å². The standard InChI is InChI=1S/C3H9NO.CH4O4S/c4-2-1-3-5;1-5-6(2,3)4/h5H,1-4H2;1H3,(H,2,3,4). The Morgan fingerprint density at radius 2 is 2.00 bits per heavy atom. The van der Waals surface area contributed by atoms with Gasteiger partial charge in [0, 0.05) is 13.0 Å². The first-order valence-electron chi connectivity index (χ1n) is 2.89. The zero-order valence-electron chi connectivity index (χ0n) is 6.32. The maximum absolute atomic E-state index is 9.22. The molecule has 0 aliphatic carbocycles. The second-order valence-corrected chi connectivity index (χ2v) is 2.66. The van der Waals surface area contributed by atoms with Crippen molar-refractivity contribution in [1.82, 2.24) is 0 Å². The van der Waals surface area contributed by atoms with Crippen molar-refractivity contribution >= 4 is 10.4 Å². The van der Waals surface area contributed by atoms with E-state index in [1.54, 1.807) is 0 Å². The summed E-state index contributed by atoms with van der Waals surface area (Å²) in [6.07, 6.45) is 0.833. The Kier molecular flexibility index (Phi) is 9.60. The number of aliphatic hydroxyl groups is 1. The van der Waals surface area contributed by atoms with Gasteiger partial charge in [-0.25, -0.2) is 8.42 Å². The normalized spacial score (nSPS) is 10.2. The van der Waals surface area contributed by atoms with Gasteiger partial charge in [0.05, 0.1) is 13.7 Å². The molecular weight excluding hydrogens is 174 g/mol. The van der Waals surface area contributed by atoms with E-state index in [1.807, 2.05) is 0 Å². The van der Waals surface area contributed by atoms with Crippen LogP contribution in [-0.2, 0) is 14.6 Å². The predicted octanol–water partition coefficient (Wildman–Crippen LogP) is -2.30. The second kappa shape index (κ2) is 7.89. The van der Waals surface area contributed by atoms with Gasteiger partial charge in [0.25, 0.3) is 0 Å². The smallest absolute Gasteiger partial charge is 0.217 e. The molecule has 0 aromatic carbocycles. The van der Waals surface area contributed by atoms with Crippen molar-refractivity contribution in [1.29, 1.82) is 0 Å². The van der Waals surface area contributed by atoms with Gasteiger partial charge in [0.1, 0.15) is 0 Å². The lowest BCUT2D eigenvalue weighted by Gasteiger charge is -1.98. The van der Waals surface area contributed by atoms with E-state index >= 15 is 0 Å². The van der Waals surface area contributed by atoms with Crippen LogP contribution in [0.15, 0.2) is 0 Å².